The summed E-state index contributed by atoms with van der Waals surface area (Å²) >= 11 is 0. The van der Waals surface area contributed by atoms with Gasteiger partial charge in [0.15, 0.2) is 5.78 Å². The van der Waals surface area contributed by atoms with Crippen molar-refractivity contribution in [2.75, 3.05) is 0 Å². The first-order chi connectivity index (χ1) is 5.68. The van der Waals surface area contributed by atoms with Crippen molar-refractivity contribution in [2.45, 2.75) is 25.7 Å². The summed E-state index contributed by atoms with van der Waals surface area (Å²) in [6, 6.07) is -1.00. The van der Waals surface area contributed by atoms with Crippen molar-refractivity contribution in [3.63, 3.8) is 0 Å². The molecule has 8 heteroatoms. The third kappa shape index (κ3) is 3.41. The molecule has 1 unspecified atom stereocenters. The molecular weight excluding hydrogens is 199 g/mol. The van der Waals surface area contributed by atoms with Crippen molar-refractivity contribution in [3.8, 4) is 0 Å². The molecule has 78 valence electrons. The number of nitrogens with zero attached hydrogens (tertiary/aromatic N) is 1. The van der Waals surface area contributed by atoms with Crippen LogP contribution in [0.25, 0.3) is 0 Å². The molecular formula is C5H13N2O5P. The smallest absolute Gasteiger partial charge is 0.323 e. The average molecular weight is 212 g/mol. The third-order valence-corrected chi connectivity index (χ3v) is 2.65. The van der Waals surface area contributed by atoms with Crippen LogP contribution in [0.1, 0.15) is 13.8 Å². The fourth-order valence-electron chi connectivity index (χ4n) is 0.535. The molecule has 0 saturated carbocycles. The number of nitrogens with two attached hydrogens (primary N) is 1. The quantitative estimate of drug-likeness (QED) is 0.272. The van der Waals surface area contributed by atoms with Crippen LogP contribution in [-0.2, 0) is 9.36 Å². The molecule has 1 amide bonds. The highest BCUT2D eigenvalue weighted by molar-refractivity contribution is 7.52. The van der Waals surface area contributed by atoms with Crippen LogP contribution in [-0.4, -0.2) is 37.8 Å². The summed E-state index contributed by atoms with van der Waals surface area (Å²) < 4.78 is 10.6. The van der Waals surface area contributed by atoms with Gasteiger partial charge in [0.2, 0.25) is 0 Å². The first-order valence-corrected chi connectivity index (χ1v) is 5.18. The Morgan fingerprint density at radius 3 is 2.08 bits per heavy atom. The van der Waals surface area contributed by atoms with E-state index in [9.17, 15) is 9.36 Å². The van der Waals surface area contributed by atoms with Crippen LogP contribution in [0.4, 0.5) is 0 Å². The van der Waals surface area contributed by atoms with E-state index in [0.29, 0.717) is 0 Å². The lowest BCUT2D eigenvalue weighted by molar-refractivity contribution is -0.170. The second-order valence-corrected chi connectivity index (χ2v) is 4.62. The highest BCUT2D eigenvalue weighted by Gasteiger charge is 2.33. The predicted molar refractivity (Wildman–Crippen MR) is 43.8 cm³/mol. The van der Waals surface area contributed by atoms with E-state index in [1.807, 2.05) is 0 Å². The molecule has 0 heterocycles. The lowest BCUT2D eigenvalue weighted by atomic mass is 10.3. The van der Waals surface area contributed by atoms with Gasteiger partial charge in [-0.2, -0.15) is 0 Å². The number of carbonyl (C=O) groups is 1. The lowest BCUT2D eigenvalue weighted by Crippen LogP contribution is -2.44. The minimum atomic E-state index is -4.51. The molecule has 0 spiro atoms. The Morgan fingerprint density at radius 1 is 1.46 bits per heavy atom. The molecule has 7 nitrogen and oxygen atoms in total. The van der Waals surface area contributed by atoms with Crippen molar-refractivity contribution in [1.29, 1.82) is 0 Å². The number of rotatable bonds is 3. The highest BCUT2D eigenvalue weighted by atomic mass is 31.2. The first kappa shape index (κ1) is 12.5. The maximum atomic E-state index is 10.9. The van der Waals surface area contributed by atoms with Crippen LogP contribution >= 0.6 is 7.60 Å². The molecule has 2 atom stereocenters. The fourth-order valence-corrected chi connectivity index (χ4v) is 0.934. The largest absolute Gasteiger partial charge is 0.350 e. The molecule has 0 aliphatic rings. The van der Waals surface area contributed by atoms with Gasteiger partial charge in [-0.15, -0.1) is 0 Å². The van der Waals surface area contributed by atoms with Crippen molar-refractivity contribution in [3.05, 3.63) is 0 Å². The summed E-state index contributed by atoms with van der Waals surface area (Å²) in [5, 5.41) is 8.97. The number of amides is 1. The summed E-state index contributed by atoms with van der Waals surface area (Å²) in [6.45, 7) is 2.33. The molecule has 0 fully saturated rings. The topological polar surface area (TPSA) is 124 Å². The van der Waals surface area contributed by atoms with E-state index in [2.05, 4.69) is 0 Å². The van der Waals surface area contributed by atoms with Crippen molar-refractivity contribution < 1.29 is 24.4 Å². The fraction of sp³-hybridized carbons (Fsp3) is 0.800. The predicted octanol–water partition coefficient (Wildman–Crippen LogP) is -0.925. The molecule has 0 aromatic rings. The Kier molecular flexibility index (Phi) is 4.02. The zero-order valence-electron chi connectivity index (χ0n) is 7.28. The van der Waals surface area contributed by atoms with Crippen molar-refractivity contribution in [1.82, 2.24) is 5.06 Å². The van der Waals surface area contributed by atoms with E-state index in [-0.39, 0.29) is 5.06 Å². The Bertz CT molecular complexity index is 237. The van der Waals surface area contributed by atoms with E-state index >= 15 is 0 Å². The molecule has 13 heavy (non-hydrogen) atoms. The van der Waals surface area contributed by atoms with Gasteiger partial charge >= 0.3 is 7.60 Å². The van der Waals surface area contributed by atoms with Crippen LogP contribution in [0.15, 0.2) is 0 Å². The third-order valence-electron chi connectivity index (χ3n) is 1.46. The van der Waals surface area contributed by atoms with E-state index in [1.165, 1.54) is 6.92 Å². The van der Waals surface area contributed by atoms with Crippen LogP contribution in [0.5, 0.6) is 0 Å². The Morgan fingerprint density at radius 2 is 1.85 bits per heavy atom. The van der Waals surface area contributed by atoms with Gasteiger partial charge in [0.1, 0.15) is 0 Å². The summed E-state index contributed by atoms with van der Waals surface area (Å²) in [6.07, 6.45) is 0. The summed E-state index contributed by atoms with van der Waals surface area (Å²) in [7, 11) is -4.51. The molecule has 0 bridgehead atoms. The standard InChI is InChI=1S/C5H13N2O5P/c1-3(6)5(8)7(9)4(2)13(10,11)12/h3-4,9H,6H2,1-2H3,(H2,10,11,12)/t3-,4?/m0/s1. The summed E-state index contributed by atoms with van der Waals surface area (Å²) in [4.78, 5) is 28.1. The van der Waals surface area contributed by atoms with Gasteiger partial charge in [-0.3, -0.25) is 14.6 Å². The van der Waals surface area contributed by atoms with Gasteiger partial charge in [0.25, 0.3) is 5.91 Å². The Balaban J connectivity index is 4.53. The molecule has 0 radical (unpaired) electrons. The maximum absolute atomic E-state index is 10.9. The number of carbonyl (C=O) groups excluding carboxylic acids is 1. The molecule has 0 aromatic carbocycles. The normalized spacial score (nSPS) is 16.5. The van der Waals surface area contributed by atoms with E-state index in [0.717, 1.165) is 6.92 Å². The van der Waals surface area contributed by atoms with Gasteiger partial charge in [-0.25, -0.2) is 5.06 Å². The van der Waals surface area contributed by atoms with E-state index in [4.69, 9.17) is 20.7 Å². The molecule has 0 aromatic heterocycles. The number of hydroxylamine groups is 2. The Hall–Kier alpha value is -0.460. The second kappa shape index (κ2) is 4.17. The van der Waals surface area contributed by atoms with Crippen molar-refractivity contribution >= 4 is 13.5 Å². The monoisotopic (exact) mass is 212 g/mol. The van der Waals surface area contributed by atoms with Crippen LogP contribution < -0.4 is 5.73 Å². The SMILES string of the molecule is CC(N(O)C(=O)[C@H](C)N)P(=O)(O)O. The van der Waals surface area contributed by atoms with Gasteiger partial charge in [-0.05, 0) is 13.8 Å². The highest BCUT2D eigenvalue weighted by Crippen LogP contribution is 2.42. The summed E-state index contributed by atoms with van der Waals surface area (Å²) in [5.74, 6) is -2.51. The first-order valence-electron chi connectivity index (χ1n) is 3.50. The van der Waals surface area contributed by atoms with Gasteiger partial charge in [-0.1, -0.05) is 0 Å². The average Bonchev–Trinajstić information content (AvgIpc) is 1.98. The minimum Gasteiger partial charge on any atom is -0.323 e. The second-order valence-electron chi connectivity index (χ2n) is 2.69. The van der Waals surface area contributed by atoms with Gasteiger partial charge in [0, 0.05) is 0 Å². The maximum Gasteiger partial charge on any atom is 0.350 e. The van der Waals surface area contributed by atoms with Crippen molar-refractivity contribution in [2.24, 2.45) is 5.73 Å². The molecule has 0 aliphatic carbocycles. The van der Waals surface area contributed by atoms with Crippen LogP contribution in [0.2, 0.25) is 0 Å². The zero-order valence-corrected chi connectivity index (χ0v) is 8.18. The molecule has 5 N–H and O–H groups in total. The van der Waals surface area contributed by atoms with Gasteiger partial charge < -0.3 is 15.5 Å². The van der Waals surface area contributed by atoms with Gasteiger partial charge in [0.05, 0.1) is 6.04 Å². The van der Waals surface area contributed by atoms with E-state index < -0.39 is 25.3 Å². The van der Waals surface area contributed by atoms with E-state index in [1.54, 1.807) is 0 Å². The van der Waals surface area contributed by atoms with Crippen LogP contribution in [0.3, 0.4) is 0 Å². The van der Waals surface area contributed by atoms with Crippen LogP contribution in [0, 0.1) is 0 Å². The number of hydrogen-bond donors (Lipinski definition) is 4. The lowest BCUT2D eigenvalue weighted by Gasteiger charge is -2.24. The Labute approximate surface area is 75.3 Å². The summed E-state index contributed by atoms with van der Waals surface area (Å²) in [5.41, 5.74) is 5.11. The molecule has 0 rings (SSSR count). The molecule has 0 aliphatic heterocycles. The molecule has 0 saturated heterocycles. The zero-order chi connectivity index (χ0) is 10.8. The number of hydrogen-bond acceptors (Lipinski definition) is 4. The minimum absolute atomic E-state index is 0.0363.